The van der Waals surface area contributed by atoms with E-state index in [0.717, 1.165) is 49.1 Å². The highest BCUT2D eigenvalue weighted by Crippen LogP contribution is 2.36. The molecule has 2 N–H and O–H groups in total. The van der Waals surface area contributed by atoms with E-state index < -0.39 is 0 Å². The van der Waals surface area contributed by atoms with Crippen LogP contribution >= 0.6 is 0 Å². The molecule has 5 rings (SSSR count). The van der Waals surface area contributed by atoms with Crippen molar-refractivity contribution in [3.05, 3.63) is 75.9 Å². The average molecular weight is 490 g/mol. The molecule has 6 heteroatoms. The second kappa shape index (κ2) is 11.3. The highest BCUT2D eigenvalue weighted by Gasteiger charge is 2.41. The van der Waals surface area contributed by atoms with Gasteiger partial charge >= 0.3 is 0 Å². The topological polar surface area (TPSA) is 62.8 Å². The van der Waals surface area contributed by atoms with Crippen molar-refractivity contribution in [3.8, 4) is 0 Å². The molecule has 0 radical (unpaired) electrons. The number of ether oxygens (including phenoxy) is 2. The molecular weight excluding hydrogens is 450 g/mol. The molecule has 2 bridgehead atoms. The van der Waals surface area contributed by atoms with Crippen LogP contribution in [0.15, 0.2) is 48.0 Å². The van der Waals surface area contributed by atoms with Gasteiger partial charge in [0.25, 0.3) is 5.91 Å². The molecule has 2 fully saturated rings. The molecule has 3 aliphatic rings. The van der Waals surface area contributed by atoms with Crippen LogP contribution in [-0.4, -0.2) is 62.3 Å². The number of fused-ring (bicyclic) bond motifs is 2. The molecule has 1 amide bonds. The standard InChI is InChI=1S/C30H39N3O3/c1-20-5-4-6-24(21(20)2)18-33(26-11-12-26)30(34)29-27(15-25-16-31-17-28(29)32-25)23-9-7-22(8-10-23)19-36-14-13-35-3/h4-10,25-26,28,31-32H,11-19H2,1-3H3. The van der Waals surface area contributed by atoms with Crippen LogP contribution in [0.3, 0.4) is 0 Å². The molecule has 1 saturated heterocycles. The van der Waals surface area contributed by atoms with Crippen LogP contribution in [0.25, 0.3) is 5.57 Å². The summed E-state index contributed by atoms with van der Waals surface area (Å²) in [7, 11) is 1.68. The van der Waals surface area contributed by atoms with Gasteiger partial charge in [0.05, 0.1) is 25.9 Å². The summed E-state index contributed by atoms with van der Waals surface area (Å²) >= 11 is 0. The Hall–Kier alpha value is -2.51. The SMILES string of the molecule is COCCOCc1ccc(C2=C(C(=O)N(Cc3cccc(C)c3C)C3CC3)C3CNCC(C2)N3)cc1. The predicted octanol–water partition coefficient (Wildman–Crippen LogP) is 3.74. The van der Waals surface area contributed by atoms with E-state index in [9.17, 15) is 4.79 Å². The number of hydrogen-bond acceptors (Lipinski definition) is 5. The Kier molecular flexibility index (Phi) is 7.87. The predicted molar refractivity (Wildman–Crippen MR) is 143 cm³/mol. The quantitative estimate of drug-likeness (QED) is 0.498. The maximum Gasteiger partial charge on any atom is 0.252 e. The number of nitrogens with one attached hydrogen (secondary N) is 2. The fourth-order valence-electron chi connectivity index (χ4n) is 5.45. The lowest BCUT2D eigenvalue weighted by atomic mass is 9.83. The molecule has 2 unspecified atom stereocenters. The third-order valence-corrected chi connectivity index (χ3v) is 7.84. The maximum atomic E-state index is 14.3. The van der Waals surface area contributed by atoms with E-state index in [-0.39, 0.29) is 11.9 Å². The molecule has 192 valence electrons. The Morgan fingerprint density at radius 3 is 2.61 bits per heavy atom. The zero-order valence-corrected chi connectivity index (χ0v) is 21.8. The minimum atomic E-state index is 0.0388. The van der Waals surface area contributed by atoms with Gasteiger partial charge in [-0.15, -0.1) is 0 Å². The van der Waals surface area contributed by atoms with Gasteiger partial charge in [0, 0.05) is 44.4 Å². The molecule has 1 saturated carbocycles. The summed E-state index contributed by atoms with van der Waals surface area (Å²) in [5, 5.41) is 7.28. The van der Waals surface area contributed by atoms with Crippen LogP contribution in [0.2, 0.25) is 0 Å². The van der Waals surface area contributed by atoms with Crippen molar-refractivity contribution in [1.82, 2.24) is 15.5 Å². The summed E-state index contributed by atoms with van der Waals surface area (Å²) in [5.74, 6) is 0.194. The number of hydrogen-bond donors (Lipinski definition) is 2. The number of aryl methyl sites for hydroxylation is 1. The highest BCUT2D eigenvalue weighted by atomic mass is 16.5. The maximum absolute atomic E-state index is 14.3. The average Bonchev–Trinajstić information content (AvgIpc) is 3.73. The smallest absolute Gasteiger partial charge is 0.252 e. The first kappa shape index (κ1) is 25.2. The van der Waals surface area contributed by atoms with Gasteiger partial charge in [0.2, 0.25) is 0 Å². The number of nitrogens with zero attached hydrogens (tertiary/aromatic N) is 1. The zero-order chi connectivity index (χ0) is 25.1. The van der Waals surface area contributed by atoms with Crippen molar-refractivity contribution in [2.24, 2.45) is 0 Å². The van der Waals surface area contributed by atoms with Gasteiger partial charge in [-0.05, 0) is 66.5 Å². The van der Waals surface area contributed by atoms with Crippen molar-refractivity contribution in [1.29, 1.82) is 0 Å². The van der Waals surface area contributed by atoms with Crippen LogP contribution < -0.4 is 10.6 Å². The number of amides is 1. The molecule has 2 heterocycles. The van der Waals surface area contributed by atoms with Gasteiger partial charge in [0.15, 0.2) is 0 Å². The Labute approximate surface area is 215 Å². The Morgan fingerprint density at radius 2 is 1.86 bits per heavy atom. The molecule has 1 aliphatic carbocycles. The molecule has 6 nitrogen and oxygen atoms in total. The Morgan fingerprint density at radius 1 is 1.06 bits per heavy atom. The first-order chi connectivity index (χ1) is 17.5. The van der Waals surface area contributed by atoms with E-state index in [1.807, 2.05) is 0 Å². The second-order valence-corrected chi connectivity index (χ2v) is 10.4. The number of methoxy groups -OCH3 is 1. The summed E-state index contributed by atoms with van der Waals surface area (Å²) < 4.78 is 10.7. The van der Waals surface area contributed by atoms with Crippen molar-refractivity contribution in [2.45, 2.75) is 64.4 Å². The lowest BCUT2D eigenvalue weighted by molar-refractivity contribution is -0.128. The molecule has 2 atom stereocenters. The minimum absolute atomic E-state index is 0.0388. The number of carbonyl (C=O) groups is 1. The number of piperazine rings is 1. The minimum Gasteiger partial charge on any atom is -0.382 e. The largest absolute Gasteiger partial charge is 0.382 e. The van der Waals surface area contributed by atoms with E-state index in [4.69, 9.17) is 9.47 Å². The molecule has 0 spiro atoms. The third kappa shape index (κ3) is 5.57. The summed E-state index contributed by atoms with van der Waals surface area (Å²) in [5.41, 5.74) is 8.25. The van der Waals surface area contributed by atoms with Crippen molar-refractivity contribution < 1.29 is 14.3 Å². The Bertz CT molecular complexity index is 1110. The van der Waals surface area contributed by atoms with Gasteiger partial charge in [0.1, 0.15) is 0 Å². The van der Waals surface area contributed by atoms with E-state index in [2.05, 4.69) is 71.8 Å². The van der Waals surface area contributed by atoms with Crippen LogP contribution in [0.1, 0.15) is 47.1 Å². The van der Waals surface area contributed by atoms with E-state index >= 15 is 0 Å². The molecule has 36 heavy (non-hydrogen) atoms. The van der Waals surface area contributed by atoms with Gasteiger partial charge in [-0.1, -0.05) is 42.5 Å². The van der Waals surface area contributed by atoms with Crippen molar-refractivity contribution in [2.75, 3.05) is 33.4 Å². The van der Waals surface area contributed by atoms with Gasteiger partial charge < -0.3 is 25.0 Å². The summed E-state index contributed by atoms with van der Waals surface area (Å²) in [6.45, 7) is 8.46. The van der Waals surface area contributed by atoms with E-state index in [0.29, 0.717) is 38.4 Å². The molecule has 2 aromatic carbocycles. The number of benzene rings is 2. The van der Waals surface area contributed by atoms with Crippen molar-refractivity contribution >= 4 is 11.5 Å². The van der Waals surface area contributed by atoms with Gasteiger partial charge in [-0.2, -0.15) is 0 Å². The first-order valence-electron chi connectivity index (χ1n) is 13.3. The normalized spacial score (nSPS) is 21.5. The summed E-state index contributed by atoms with van der Waals surface area (Å²) in [6, 6.07) is 15.7. The van der Waals surface area contributed by atoms with Gasteiger partial charge in [-0.25, -0.2) is 0 Å². The fourth-order valence-corrected chi connectivity index (χ4v) is 5.45. The van der Waals surface area contributed by atoms with Crippen LogP contribution in [0.5, 0.6) is 0 Å². The monoisotopic (exact) mass is 489 g/mol. The number of rotatable bonds is 10. The fraction of sp³-hybridized carbons (Fsp3) is 0.500. The van der Waals surface area contributed by atoms with Crippen LogP contribution in [-0.2, 0) is 27.4 Å². The number of carbonyl (C=O) groups excluding carboxylic acids is 1. The molecule has 2 aliphatic heterocycles. The first-order valence-corrected chi connectivity index (χ1v) is 13.3. The van der Waals surface area contributed by atoms with Crippen LogP contribution in [0.4, 0.5) is 0 Å². The third-order valence-electron chi connectivity index (χ3n) is 7.84. The zero-order valence-electron chi connectivity index (χ0n) is 21.8. The lowest BCUT2D eigenvalue weighted by Crippen LogP contribution is -2.60. The van der Waals surface area contributed by atoms with E-state index in [1.165, 1.54) is 22.3 Å². The molecule has 2 aromatic rings. The van der Waals surface area contributed by atoms with Crippen LogP contribution in [0, 0.1) is 13.8 Å². The highest BCUT2D eigenvalue weighted by molar-refractivity contribution is 6.03. The summed E-state index contributed by atoms with van der Waals surface area (Å²) in [4.78, 5) is 16.4. The van der Waals surface area contributed by atoms with Crippen molar-refractivity contribution in [3.63, 3.8) is 0 Å². The molecule has 0 aromatic heterocycles. The van der Waals surface area contributed by atoms with Gasteiger partial charge in [-0.3, -0.25) is 4.79 Å². The molecular formula is C30H39N3O3. The lowest BCUT2D eigenvalue weighted by Gasteiger charge is -2.41. The second-order valence-electron chi connectivity index (χ2n) is 10.4. The Balaban J connectivity index is 1.44. The summed E-state index contributed by atoms with van der Waals surface area (Å²) in [6.07, 6.45) is 3.04. The van der Waals surface area contributed by atoms with E-state index in [1.54, 1.807) is 7.11 Å².